The second-order valence-corrected chi connectivity index (χ2v) is 4.85. The Hall–Kier alpha value is -2.21. The van der Waals surface area contributed by atoms with E-state index in [1.165, 1.54) is 0 Å². The monoisotopic (exact) mass is 316 g/mol. The van der Waals surface area contributed by atoms with E-state index in [0.29, 0.717) is 16.9 Å². The first-order valence-electron chi connectivity index (χ1n) is 5.54. The molecular weight excluding hydrogens is 308 g/mol. The first-order chi connectivity index (χ1) is 9.16. The maximum atomic E-state index is 11.6. The molecule has 2 N–H and O–H groups in total. The van der Waals surface area contributed by atoms with E-state index in [1.807, 2.05) is 18.2 Å². The van der Waals surface area contributed by atoms with Crippen LogP contribution in [0.2, 0.25) is 0 Å². The number of nitrogens with two attached hydrogens (primary N) is 1. The molecule has 0 atom stereocenters. The topological polar surface area (TPSA) is 73.8 Å². The van der Waals surface area contributed by atoms with Crippen LogP contribution < -0.4 is 5.73 Å². The van der Waals surface area contributed by atoms with Gasteiger partial charge in [-0.05, 0) is 28.1 Å². The van der Waals surface area contributed by atoms with Crippen LogP contribution in [0.3, 0.4) is 0 Å². The van der Waals surface area contributed by atoms with Crippen LogP contribution in [0.15, 0.2) is 47.5 Å². The zero-order valence-electron chi connectivity index (χ0n) is 9.75. The van der Waals surface area contributed by atoms with Gasteiger partial charge in [-0.15, -0.1) is 0 Å². The molecule has 5 nitrogen and oxygen atoms in total. The first-order valence-corrected chi connectivity index (χ1v) is 6.33. The SMILES string of the molecule is NC(=O)c1cc(-n2ccnc2)nc2c(Br)cccc12. The van der Waals surface area contributed by atoms with E-state index in [1.54, 1.807) is 29.4 Å². The van der Waals surface area contributed by atoms with Crippen molar-refractivity contribution in [2.75, 3.05) is 0 Å². The second kappa shape index (κ2) is 4.47. The molecule has 6 heteroatoms. The van der Waals surface area contributed by atoms with E-state index in [-0.39, 0.29) is 0 Å². The summed E-state index contributed by atoms with van der Waals surface area (Å²) in [6.45, 7) is 0. The number of nitrogens with zero attached hydrogens (tertiary/aromatic N) is 3. The number of benzene rings is 1. The van der Waals surface area contributed by atoms with Crippen molar-refractivity contribution in [1.82, 2.24) is 14.5 Å². The molecule has 2 aromatic heterocycles. The van der Waals surface area contributed by atoms with Gasteiger partial charge in [0.05, 0.1) is 11.1 Å². The number of carbonyl (C=O) groups is 1. The minimum Gasteiger partial charge on any atom is -0.366 e. The van der Waals surface area contributed by atoms with E-state index in [9.17, 15) is 4.79 Å². The molecule has 0 saturated heterocycles. The molecule has 0 aliphatic heterocycles. The van der Waals surface area contributed by atoms with Gasteiger partial charge >= 0.3 is 0 Å². The average molecular weight is 317 g/mol. The number of rotatable bonds is 2. The van der Waals surface area contributed by atoms with E-state index in [2.05, 4.69) is 25.9 Å². The fourth-order valence-corrected chi connectivity index (χ4v) is 2.39. The van der Waals surface area contributed by atoms with Crippen molar-refractivity contribution in [2.45, 2.75) is 0 Å². The van der Waals surface area contributed by atoms with Crippen molar-refractivity contribution in [3.05, 3.63) is 53.0 Å². The van der Waals surface area contributed by atoms with Gasteiger partial charge in [-0.2, -0.15) is 0 Å². The second-order valence-electron chi connectivity index (χ2n) is 4.00. The summed E-state index contributed by atoms with van der Waals surface area (Å²) in [5.74, 6) is 0.123. The third-order valence-corrected chi connectivity index (χ3v) is 3.45. The number of hydrogen-bond donors (Lipinski definition) is 1. The summed E-state index contributed by atoms with van der Waals surface area (Å²) in [6, 6.07) is 7.21. The maximum Gasteiger partial charge on any atom is 0.249 e. The smallest absolute Gasteiger partial charge is 0.249 e. The molecule has 3 rings (SSSR count). The number of aromatic nitrogens is 3. The van der Waals surface area contributed by atoms with Gasteiger partial charge in [-0.25, -0.2) is 9.97 Å². The fraction of sp³-hybridized carbons (Fsp3) is 0. The van der Waals surface area contributed by atoms with Gasteiger partial charge in [0, 0.05) is 22.3 Å². The summed E-state index contributed by atoms with van der Waals surface area (Å²) in [5.41, 5.74) is 6.58. The normalized spacial score (nSPS) is 10.8. The number of pyridine rings is 1. The Bertz CT molecular complexity index is 768. The van der Waals surface area contributed by atoms with E-state index >= 15 is 0 Å². The molecule has 2 heterocycles. The number of amides is 1. The lowest BCUT2D eigenvalue weighted by Gasteiger charge is -2.08. The molecule has 3 aromatic rings. The average Bonchev–Trinajstić information content (AvgIpc) is 2.92. The molecule has 19 heavy (non-hydrogen) atoms. The third-order valence-electron chi connectivity index (χ3n) is 2.81. The summed E-state index contributed by atoms with van der Waals surface area (Å²) in [5, 5.41) is 0.728. The summed E-state index contributed by atoms with van der Waals surface area (Å²) >= 11 is 3.44. The lowest BCUT2D eigenvalue weighted by molar-refractivity contribution is 0.100. The first kappa shape index (κ1) is 11.9. The largest absolute Gasteiger partial charge is 0.366 e. The lowest BCUT2D eigenvalue weighted by Crippen LogP contribution is -2.13. The Morgan fingerprint density at radius 2 is 2.21 bits per heavy atom. The van der Waals surface area contributed by atoms with Gasteiger partial charge < -0.3 is 5.73 Å². The van der Waals surface area contributed by atoms with Gasteiger partial charge in [-0.1, -0.05) is 12.1 Å². The van der Waals surface area contributed by atoms with Crippen LogP contribution >= 0.6 is 15.9 Å². The number of imidazole rings is 1. The van der Waals surface area contributed by atoms with Crippen LogP contribution in [0.4, 0.5) is 0 Å². The van der Waals surface area contributed by atoms with Crippen LogP contribution in [-0.2, 0) is 0 Å². The van der Waals surface area contributed by atoms with Gasteiger partial charge in [0.1, 0.15) is 12.1 Å². The van der Waals surface area contributed by atoms with Crippen LogP contribution in [0.1, 0.15) is 10.4 Å². The molecule has 1 aromatic carbocycles. The van der Waals surface area contributed by atoms with Crippen LogP contribution in [0.5, 0.6) is 0 Å². The van der Waals surface area contributed by atoms with Gasteiger partial charge in [-0.3, -0.25) is 9.36 Å². The van der Waals surface area contributed by atoms with Crippen LogP contribution in [-0.4, -0.2) is 20.4 Å². The number of primary amides is 1. The summed E-state index contributed by atoms with van der Waals surface area (Å²) < 4.78 is 2.54. The predicted molar refractivity (Wildman–Crippen MR) is 75.1 cm³/mol. The molecule has 0 spiro atoms. The number of fused-ring (bicyclic) bond motifs is 1. The molecule has 0 aliphatic carbocycles. The van der Waals surface area contributed by atoms with Crippen molar-refractivity contribution in [3.8, 4) is 5.82 Å². The third kappa shape index (κ3) is 2.00. The standard InChI is InChI=1S/C13H9BrN4O/c14-10-3-1-2-8-9(13(15)19)6-11(17-12(8)10)18-5-4-16-7-18/h1-7H,(H2,15,19). The summed E-state index contributed by atoms with van der Waals surface area (Å²) in [6.07, 6.45) is 5.03. The van der Waals surface area contributed by atoms with E-state index in [4.69, 9.17) is 5.73 Å². The minimum absolute atomic E-state index is 0.440. The minimum atomic E-state index is -0.480. The predicted octanol–water partition coefficient (Wildman–Crippen LogP) is 2.28. The van der Waals surface area contributed by atoms with Crippen molar-refractivity contribution >= 4 is 32.7 Å². The molecule has 0 saturated carbocycles. The Morgan fingerprint density at radius 3 is 2.89 bits per heavy atom. The highest BCUT2D eigenvalue weighted by atomic mass is 79.9. The highest BCUT2D eigenvalue weighted by Gasteiger charge is 2.12. The van der Waals surface area contributed by atoms with Crippen molar-refractivity contribution in [2.24, 2.45) is 5.73 Å². The Balaban J connectivity index is 2.38. The Labute approximate surface area is 117 Å². The molecule has 0 radical (unpaired) electrons. The molecule has 0 fully saturated rings. The van der Waals surface area contributed by atoms with Crippen molar-refractivity contribution in [3.63, 3.8) is 0 Å². The Morgan fingerprint density at radius 1 is 1.37 bits per heavy atom. The van der Waals surface area contributed by atoms with Crippen molar-refractivity contribution < 1.29 is 4.79 Å². The highest BCUT2D eigenvalue weighted by Crippen LogP contribution is 2.26. The van der Waals surface area contributed by atoms with Crippen LogP contribution in [0, 0.1) is 0 Å². The van der Waals surface area contributed by atoms with Gasteiger partial charge in [0.25, 0.3) is 0 Å². The molecule has 0 unspecified atom stereocenters. The number of para-hydroxylation sites is 1. The zero-order valence-corrected chi connectivity index (χ0v) is 11.3. The lowest BCUT2D eigenvalue weighted by atomic mass is 10.1. The van der Waals surface area contributed by atoms with E-state index in [0.717, 1.165) is 9.86 Å². The molecule has 0 bridgehead atoms. The molecule has 94 valence electrons. The molecule has 1 amide bonds. The van der Waals surface area contributed by atoms with Crippen LogP contribution in [0.25, 0.3) is 16.7 Å². The highest BCUT2D eigenvalue weighted by molar-refractivity contribution is 9.10. The van der Waals surface area contributed by atoms with Crippen molar-refractivity contribution in [1.29, 1.82) is 0 Å². The maximum absolute atomic E-state index is 11.6. The molecular formula is C13H9BrN4O. The quantitative estimate of drug-likeness (QED) is 0.788. The summed E-state index contributed by atoms with van der Waals surface area (Å²) in [7, 11) is 0. The van der Waals surface area contributed by atoms with E-state index < -0.39 is 5.91 Å². The molecule has 0 aliphatic rings. The number of halogens is 1. The number of carbonyl (C=O) groups excluding carboxylic acids is 1. The Kier molecular flexibility index (Phi) is 2.79. The van der Waals surface area contributed by atoms with Gasteiger partial charge in [0.2, 0.25) is 5.91 Å². The fourth-order valence-electron chi connectivity index (χ4n) is 1.93. The van der Waals surface area contributed by atoms with Gasteiger partial charge in [0.15, 0.2) is 0 Å². The summed E-state index contributed by atoms with van der Waals surface area (Å²) in [4.78, 5) is 20.1. The zero-order chi connectivity index (χ0) is 13.4. The number of hydrogen-bond acceptors (Lipinski definition) is 3.